The van der Waals surface area contributed by atoms with Crippen LogP contribution in [0.2, 0.25) is 0 Å². The summed E-state index contributed by atoms with van der Waals surface area (Å²) in [4.78, 5) is 36.7. The van der Waals surface area contributed by atoms with Crippen molar-refractivity contribution in [2.75, 3.05) is 18.9 Å². The summed E-state index contributed by atoms with van der Waals surface area (Å²) in [6.45, 7) is 1.43. The fourth-order valence-electron chi connectivity index (χ4n) is 3.03. The topological polar surface area (TPSA) is 92.6 Å². The van der Waals surface area contributed by atoms with Crippen molar-refractivity contribution in [2.45, 2.75) is 6.92 Å². The van der Waals surface area contributed by atoms with Gasteiger partial charge in [-0.25, -0.2) is 0 Å². The maximum atomic E-state index is 12.6. The molecule has 0 fully saturated rings. The van der Waals surface area contributed by atoms with E-state index in [4.69, 9.17) is 0 Å². The predicted octanol–water partition coefficient (Wildman–Crippen LogP) is 3.77. The molecule has 0 radical (unpaired) electrons. The van der Waals surface area contributed by atoms with Gasteiger partial charge >= 0.3 is 0 Å². The summed E-state index contributed by atoms with van der Waals surface area (Å²) >= 11 is 0. The van der Waals surface area contributed by atoms with Gasteiger partial charge in [0.05, 0.1) is 11.5 Å². The first-order chi connectivity index (χ1) is 13.4. The van der Waals surface area contributed by atoms with Crippen LogP contribution in [-0.4, -0.2) is 35.2 Å². The molecule has 0 aromatic heterocycles. The summed E-state index contributed by atoms with van der Waals surface area (Å²) < 4.78 is 0. The third kappa shape index (κ3) is 3.98. The molecule has 0 heterocycles. The van der Waals surface area contributed by atoms with Crippen LogP contribution in [0.15, 0.2) is 60.7 Å². The molecule has 0 spiro atoms. The smallest absolute Gasteiger partial charge is 0.272 e. The van der Waals surface area contributed by atoms with E-state index in [-0.39, 0.29) is 24.0 Å². The van der Waals surface area contributed by atoms with Crippen LogP contribution in [0.5, 0.6) is 0 Å². The summed E-state index contributed by atoms with van der Waals surface area (Å²) in [5.41, 5.74) is 1.32. The van der Waals surface area contributed by atoms with Gasteiger partial charge in [0, 0.05) is 35.3 Å². The number of aryl methyl sites for hydroxylation is 1. The molecule has 0 saturated carbocycles. The van der Waals surface area contributed by atoms with E-state index in [0.717, 1.165) is 10.8 Å². The average molecular weight is 377 g/mol. The highest BCUT2D eigenvalue weighted by atomic mass is 16.6. The highest BCUT2D eigenvalue weighted by Gasteiger charge is 2.18. The lowest BCUT2D eigenvalue weighted by molar-refractivity contribution is -0.385. The second-order valence-electron chi connectivity index (χ2n) is 6.49. The van der Waals surface area contributed by atoms with Gasteiger partial charge in [-0.15, -0.1) is 0 Å². The number of nitro benzene ring substituents is 1. The number of likely N-dealkylation sites (N-methyl/N-ethyl adjacent to an activating group) is 1. The van der Waals surface area contributed by atoms with Gasteiger partial charge in [0.15, 0.2) is 0 Å². The highest BCUT2D eigenvalue weighted by molar-refractivity contribution is 6.04. The first kappa shape index (κ1) is 19.0. The third-order valence-electron chi connectivity index (χ3n) is 4.43. The van der Waals surface area contributed by atoms with Crippen LogP contribution < -0.4 is 5.32 Å². The Bertz CT molecular complexity index is 1070. The minimum Gasteiger partial charge on any atom is -0.332 e. The maximum Gasteiger partial charge on any atom is 0.272 e. The van der Waals surface area contributed by atoms with E-state index in [0.29, 0.717) is 16.8 Å². The van der Waals surface area contributed by atoms with Crippen molar-refractivity contribution in [1.29, 1.82) is 0 Å². The lowest BCUT2D eigenvalue weighted by atomic mass is 10.1. The van der Waals surface area contributed by atoms with Crippen LogP contribution in [0.25, 0.3) is 10.8 Å². The van der Waals surface area contributed by atoms with Crippen molar-refractivity contribution in [1.82, 2.24) is 4.90 Å². The van der Waals surface area contributed by atoms with E-state index >= 15 is 0 Å². The molecule has 0 bridgehead atoms. The van der Waals surface area contributed by atoms with Crippen LogP contribution in [0, 0.1) is 17.0 Å². The maximum absolute atomic E-state index is 12.6. The van der Waals surface area contributed by atoms with Crippen molar-refractivity contribution in [3.05, 3.63) is 81.9 Å². The van der Waals surface area contributed by atoms with Crippen molar-refractivity contribution in [2.24, 2.45) is 0 Å². The van der Waals surface area contributed by atoms with Crippen LogP contribution in [0.4, 0.5) is 11.4 Å². The van der Waals surface area contributed by atoms with Gasteiger partial charge < -0.3 is 10.2 Å². The van der Waals surface area contributed by atoms with E-state index in [1.54, 1.807) is 6.92 Å². The predicted molar refractivity (Wildman–Crippen MR) is 107 cm³/mol. The van der Waals surface area contributed by atoms with Gasteiger partial charge in [-0.3, -0.25) is 19.7 Å². The minimum atomic E-state index is -0.495. The number of nitro groups is 1. The number of benzene rings is 3. The normalized spacial score (nSPS) is 10.5. The monoisotopic (exact) mass is 377 g/mol. The van der Waals surface area contributed by atoms with Gasteiger partial charge in [0.25, 0.3) is 11.6 Å². The van der Waals surface area contributed by atoms with Crippen molar-refractivity contribution < 1.29 is 14.5 Å². The molecule has 3 aromatic carbocycles. The van der Waals surface area contributed by atoms with Crippen LogP contribution in [-0.2, 0) is 4.79 Å². The third-order valence-corrected chi connectivity index (χ3v) is 4.43. The molecule has 0 atom stereocenters. The first-order valence-corrected chi connectivity index (χ1v) is 8.65. The molecule has 28 heavy (non-hydrogen) atoms. The largest absolute Gasteiger partial charge is 0.332 e. The lowest BCUT2D eigenvalue weighted by Crippen LogP contribution is -2.35. The molecular weight excluding hydrogens is 358 g/mol. The number of nitrogens with one attached hydrogen (secondary N) is 1. The fourth-order valence-corrected chi connectivity index (χ4v) is 3.03. The molecule has 0 aliphatic carbocycles. The molecule has 0 aliphatic rings. The Morgan fingerprint density at radius 2 is 1.79 bits per heavy atom. The summed E-state index contributed by atoms with van der Waals surface area (Å²) in [7, 11) is 1.52. The van der Waals surface area contributed by atoms with Crippen LogP contribution >= 0.6 is 0 Å². The molecule has 142 valence electrons. The Morgan fingerprint density at radius 1 is 1.07 bits per heavy atom. The van der Waals surface area contributed by atoms with E-state index < -0.39 is 4.92 Å². The molecule has 7 heteroatoms. The Labute approximate surface area is 161 Å². The fraction of sp³-hybridized carbons (Fsp3) is 0.143. The van der Waals surface area contributed by atoms with Crippen LogP contribution in [0.1, 0.15) is 15.9 Å². The Kier molecular flexibility index (Phi) is 5.35. The average Bonchev–Trinajstić information content (AvgIpc) is 2.67. The number of hydrogen-bond donors (Lipinski definition) is 1. The summed E-state index contributed by atoms with van der Waals surface area (Å²) in [6, 6.07) is 17.5. The van der Waals surface area contributed by atoms with E-state index in [1.807, 2.05) is 42.5 Å². The molecule has 1 N–H and O–H groups in total. The molecule has 3 aromatic rings. The molecule has 0 saturated heterocycles. The van der Waals surface area contributed by atoms with E-state index in [2.05, 4.69) is 5.32 Å². The second-order valence-corrected chi connectivity index (χ2v) is 6.49. The molecule has 3 rings (SSSR count). The standard InChI is InChI=1S/C21H19N3O4/c1-14-12-16(10-11-19(14)24(27)28)21(26)23(2)13-20(25)22-18-9-5-7-15-6-3-4-8-17(15)18/h3-12H,13H2,1-2H3,(H,22,25). The number of anilines is 1. The van der Waals surface area contributed by atoms with Gasteiger partial charge in [-0.05, 0) is 30.5 Å². The Morgan fingerprint density at radius 3 is 2.50 bits per heavy atom. The lowest BCUT2D eigenvalue weighted by Gasteiger charge is -2.17. The number of nitrogens with zero attached hydrogens (tertiary/aromatic N) is 2. The first-order valence-electron chi connectivity index (χ1n) is 8.65. The van der Waals surface area contributed by atoms with Gasteiger partial charge in [0.2, 0.25) is 5.91 Å². The zero-order chi connectivity index (χ0) is 20.3. The van der Waals surface area contributed by atoms with Gasteiger partial charge in [-0.2, -0.15) is 0 Å². The Hall–Kier alpha value is -3.74. The van der Waals surface area contributed by atoms with Crippen LogP contribution in [0.3, 0.4) is 0 Å². The molecule has 0 unspecified atom stereocenters. The van der Waals surface area contributed by atoms with Crippen molar-refractivity contribution >= 4 is 34.0 Å². The van der Waals surface area contributed by atoms with E-state index in [9.17, 15) is 19.7 Å². The summed E-state index contributed by atoms with van der Waals surface area (Å²) in [5.74, 6) is -0.711. The van der Waals surface area contributed by atoms with Gasteiger partial charge in [-0.1, -0.05) is 36.4 Å². The van der Waals surface area contributed by atoms with Crippen molar-refractivity contribution in [3.63, 3.8) is 0 Å². The Balaban J connectivity index is 1.71. The number of fused-ring (bicyclic) bond motifs is 1. The zero-order valence-corrected chi connectivity index (χ0v) is 15.5. The SMILES string of the molecule is Cc1cc(C(=O)N(C)CC(=O)Nc2cccc3ccccc23)ccc1[N+](=O)[O-]. The van der Waals surface area contributed by atoms with Crippen molar-refractivity contribution in [3.8, 4) is 0 Å². The van der Waals surface area contributed by atoms with Gasteiger partial charge in [0.1, 0.15) is 0 Å². The highest BCUT2D eigenvalue weighted by Crippen LogP contribution is 2.23. The molecule has 7 nitrogen and oxygen atoms in total. The quantitative estimate of drug-likeness (QED) is 0.541. The number of carbonyl (C=O) groups excluding carboxylic acids is 2. The second kappa shape index (κ2) is 7.87. The summed E-state index contributed by atoms with van der Waals surface area (Å²) in [6.07, 6.45) is 0. The minimum absolute atomic E-state index is 0.0482. The number of carbonyl (C=O) groups is 2. The number of hydrogen-bond acceptors (Lipinski definition) is 4. The number of amides is 2. The molecule has 2 amide bonds. The number of rotatable bonds is 5. The molecular formula is C21H19N3O4. The summed E-state index contributed by atoms with van der Waals surface area (Å²) in [5, 5.41) is 15.7. The molecule has 0 aliphatic heterocycles. The zero-order valence-electron chi connectivity index (χ0n) is 15.5. The van der Waals surface area contributed by atoms with E-state index in [1.165, 1.54) is 30.1 Å².